The first-order valence-corrected chi connectivity index (χ1v) is 16.4. The predicted molar refractivity (Wildman–Crippen MR) is 185 cm³/mol. The van der Waals surface area contributed by atoms with E-state index in [0.717, 1.165) is 38.9 Å². The summed E-state index contributed by atoms with van der Waals surface area (Å²) in [6.45, 7) is -0.0585. The molecule has 4 atom stereocenters. The molecule has 4 heterocycles. The molecule has 2 aromatic heterocycles. The summed E-state index contributed by atoms with van der Waals surface area (Å²) < 4.78 is 26.6. The molecular formula is C39H35N5O6. The number of nitrogens with one attached hydrogen (secondary N) is 1. The lowest BCUT2D eigenvalue weighted by Crippen LogP contribution is -2.41. The van der Waals surface area contributed by atoms with Gasteiger partial charge in [-0.05, 0) is 34.9 Å². The van der Waals surface area contributed by atoms with Gasteiger partial charge in [-0.1, -0.05) is 78.9 Å². The first-order chi connectivity index (χ1) is 24.4. The molecule has 1 fully saturated rings. The number of benzene rings is 3. The second kappa shape index (κ2) is 12.6. The SMILES string of the molecule is COC1(OC)C=CC(C(OC[C@H]2OC(n3cc4c5c(ncnc53)Nc3cc(C#N)ccc3-4)[C@H](O)[C@@H]2O)(c2ccccc2)c2ccccc2)=CC1. The van der Waals surface area contributed by atoms with Gasteiger partial charge in [0.05, 0.1) is 23.6 Å². The van der Waals surface area contributed by atoms with Gasteiger partial charge in [0.15, 0.2) is 12.0 Å². The van der Waals surface area contributed by atoms with Crippen molar-refractivity contribution in [3.05, 3.63) is 132 Å². The zero-order valence-electron chi connectivity index (χ0n) is 27.4. The van der Waals surface area contributed by atoms with E-state index in [-0.39, 0.29) is 6.61 Å². The summed E-state index contributed by atoms with van der Waals surface area (Å²) in [6, 6.07) is 27.4. The average molecular weight is 670 g/mol. The zero-order valence-corrected chi connectivity index (χ0v) is 27.4. The normalized spacial score (nSPS) is 22.1. The maximum absolute atomic E-state index is 11.5. The Balaban J connectivity index is 1.15. The van der Waals surface area contributed by atoms with Crippen LogP contribution in [-0.4, -0.2) is 69.7 Å². The summed E-state index contributed by atoms with van der Waals surface area (Å²) in [6.07, 6.45) is 5.19. The number of hydrogen-bond acceptors (Lipinski definition) is 10. The Morgan fingerprint density at radius 3 is 2.34 bits per heavy atom. The summed E-state index contributed by atoms with van der Waals surface area (Å²) >= 11 is 0. The smallest absolute Gasteiger partial charge is 0.190 e. The van der Waals surface area contributed by atoms with Gasteiger partial charge in [0.1, 0.15) is 41.7 Å². The number of nitriles is 1. The number of hydrogen-bond donors (Lipinski definition) is 3. The van der Waals surface area contributed by atoms with Crippen LogP contribution >= 0.6 is 0 Å². The molecule has 8 rings (SSSR count). The van der Waals surface area contributed by atoms with E-state index in [0.29, 0.717) is 23.4 Å². The van der Waals surface area contributed by atoms with E-state index in [9.17, 15) is 15.5 Å². The molecule has 3 aromatic carbocycles. The van der Waals surface area contributed by atoms with Gasteiger partial charge in [-0.25, -0.2) is 9.97 Å². The zero-order chi connectivity index (χ0) is 34.5. The summed E-state index contributed by atoms with van der Waals surface area (Å²) in [4.78, 5) is 8.99. The largest absolute Gasteiger partial charge is 0.387 e. The van der Waals surface area contributed by atoms with Crippen LogP contribution in [0.2, 0.25) is 0 Å². The Morgan fingerprint density at radius 2 is 1.70 bits per heavy atom. The van der Waals surface area contributed by atoms with E-state index in [4.69, 9.17) is 18.9 Å². The number of fused-ring (bicyclic) bond motifs is 2. The van der Waals surface area contributed by atoms with Crippen LogP contribution in [0, 0.1) is 11.3 Å². The fourth-order valence-electron chi connectivity index (χ4n) is 7.31. The number of rotatable bonds is 9. The molecular weight excluding hydrogens is 634 g/mol. The summed E-state index contributed by atoms with van der Waals surface area (Å²) in [5.41, 5.74) is 4.98. The molecule has 252 valence electrons. The fraction of sp³-hybridized carbons (Fsp3) is 0.256. The van der Waals surface area contributed by atoms with Crippen molar-refractivity contribution in [3.8, 4) is 17.2 Å². The first-order valence-electron chi connectivity index (χ1n) is 16.4. The number of aromatic nitrogens is 3. The molecule has 0 bridgehead atoms. The van der Waals surface area contributed by atoms with Crippen molar-refractivity contribution in [2.75, 3.05) is 26.1 Å². The third-order valence-electron chi connectivity index (χ3n) is 9.96. The molecule has 0 amide bonds. The van der Waals surface area contributed by atoms with Crippen molar-refractivity contribution in [1.82, 2.24) is 14.5 Å². The van der Waals surface area contributed by atoms with Crippen LogP contribution in [0.5, 0.6) is 0 Å². The minimum absolute atomic E-state index is 0.0585. The number of anilines is 2. The molecule has 0 radical (unpaired) electrons. The van der Waals surface area contributed by atoms with Gasteiger partial charge in [0.2, 0.25) is 0 Å². The molecule has 1 aliphatic carbocycles. The maximum atomic E-state index is 11.5. The standard InChI is InChI=1S/C39H35N5O6/c1-47-38(48-2)17-15-27(16-18-38)39(25-9-5-3-6-10-25,26-11-7-4-8-12-26)49-22-31-33(45)34(46)37(50-31)44-21-29-28-14-13-24(20-40)19-30(28)43-35-32(29)36(44)42-23-41-35/h3-17,19,21,23,31,33-34,37,45-46H,18,22H2,1-2H3,(H,41,42,43)/t31-,33-,34-,37?/m1/s1. The number of nitrogens with zero attached hydrogens (tertiary/aromatic N) is 4. The van der Waals surface area contributed by atoms with Gasteiger partial charge in [-0.2, -0.15) is 5.26 Å². The Hall–Kier alpha value is -5.19. The van der Waals surface area contributed by atoms with Crippen molar-refractivity contribution in [2.45, 2.75) is 42.3 Å². The second-order valence-corrected chi connectivity index (χ2v) is 12.6. The third kappa shape index (κ3) is 5.04. The molecule has 5 aromatic rings. The number of aliphatic hydroxyl groups excluding tert-OH is 2. The van der Waals surface area contributed by atoms with Crippen LogP contribution in [0.4, 0.5) is 11.5 Å². The lowest BCUT2D eigenvalue weighted by atomic mass is 9.77. The van der Waals surface area contributed by atoms with Crippen molar-refractivity contribution >= 4 is 22.5 Å². The van der Waals surface area contributed by atoms with Crippen molar-refractivity contribution < 1.29 is 29.2 Å². The molecule has 2 aliphatic heterocycles. The fourth-order valence-corrected chi connectivity index (χ4v) is 7.31. The van der Waals surface area contributed by atoms with E-state index >= 15 is 0 Å². The van der Waals surface area contributed by atoms with Crippen LogP contribution < -0.4 is 5.32 Å². The average Bonchev–Trinajstić information content (AvgIpc) is 3.70. The Morgan fingerprint density at radius 1 is 0.980 bits per heavy atom. The molecule has 0 saturated carbocycles. The second-order valence-electron chi connectivity index (χ2n) is 12.6. The Kier molecular flexibility index (Phi) is 8.08. The molecule has 0 spiro atoms. The van der Waals surface area contributed by atoms with Gasteiger partial charge in [-0.15, -0.1) is 0 Å². The Bertz CT molecular complexity index is 2120. The van der Waals surface area contributed by atoms with E-state index in [2.05, 4.69) is 21.4 Å². The van der Waals surface area contributed by atoms with E-state index in [1.54, 1.807) is 30.9 Å². The van der Waals surface area contributed by atoms with Crippen LogP contribution in [0.1, 0.15) is 29.3 Å². The minimum atomic E-state index is -1.29. The van der Waals surface area contributed by atoms with Crippen LogP contribution in [0.25, 0.3) is 22.2 Å². The summed E-state index contributed by atoms with van der Waals surface area (Å²) in [5.74, 6) is -0.322. The lowest BCUT2D eigenvalue weighted by molar-refractivity contribution is -0.168. The van der Waals surface area contributed by atoms with Crippen molar-refractivity contribution in [3.63, 3.8) is 0 Å². The van der Waals surface area contributed by atoms with Crippen LogP contribution in [-0.2, 0) is 24.5 Å². The monoisotopic (exact) mass is 669 g/mol. The number of methoxy groups -OCH3 is 2. The van der Waals surface area contributed by atoms with E-state index < -0.39 is 35.9 Å². The van der Waals surface area contributed by atoms with Gasteiger partial charge in [0, 0.05) is 43.7 Å². The van der Waals surface area contributed by atoms with Crippen LogP contribution in [0.3, 0.4) is 0 Å². The predicted octanol–water partition coefficient (Wildman–Crippen LogP) is 5.48. The number of aliphatic hydroxyl groups is 2. The third-order valence-corrected chi connectivity index (χ3v) is 9.96. The molecule has 50 heavy (non-hydrogen) atoms. The molecule has 3 N–H and O–H groups in total. The van der Waals surface area contributed by atoms with Gasteiger partial charge >= 0.3 is 0 Å². The highest BCUT2D eigenvalue weighted by Crippen LogP contribution is 2.47. The maximum Gasteiger partial charge on any atom is 0.190 e. The highest BCUT2D eigenvalue weighted by molar-refractivity contribution is 6.08. The number of ether oxygens (including phenoxy) is 4. The quantitative estimate of drug-likeness (QED) is 0.169. The Labute approximate surface area is 288 Å². The summed E-state index contributed by atoms with van der Waals surface area (Å²) in [7, 11) is 3.22. The minimum Gasteiger partial charge on any atom is -0.387 e. The highest BCUT2D eigenvalue weighted by atomic mass is 16.7. The van der Waals surface area contributed by atoms with E-state index in [1.165, 1.54) is 6.33 Å². The van der Waals surface area contributed by atoms with Crippen molar-refractivity contribution in [2.24, 2.45) is 0 Å². The molecule has 11 nitrogen and oxygen atoms in total. The lowest BCUT2D eigenvalue weighted by Gasteiger charge is -2.40. The van der Waals surface area contributed by atoms with Crippen molar-refractivity contribution in [1.29, 1.82) is 5.26 Å². The molecule has 3 aliphatic rings. The molecule has 1 unspecified atom stereocenters. The summed E-state index contributed by atoms with van der Waals surface area (Å²) in [5, 5.41) is 36.5. The van der Waals surface area contributed by atoms with Gasteiger partial charge < -0.3 is 39.0 Å². The molecule has 1 saturated heterocycles. The topological polar surface area (TPSA) is 144 Å². The first kappa shape index (κ1) is 32.0. The van der Waals surface area contributed by atoms with E-state index in [1.807, 2.05) is 91.2 Å². The van der Waals surface area contributed by atoms with Crippen LogP contribution in [0.15, 0.2) is 115 Å². The highest BCUT2D eigenvalue weighted by Gasteiger charge is 2.48. The van der Waals surface area contributed by atoms with Gasteiger partial charge in [0.25, 0.3) is 0 Å². The van der Waals surface area contributed by atoms with Gasteiger partial charge in [-0.3, -0.25) is 0 Å². The molecule has 11 heteroatoms.